The van der Waals surface area contributed by atoms with Gasteiger partial charge in [0.1, 0.15) is 0 Å². The minimum atomic E-state index is 0.318. The molecule has 0 bridgehead atoms. The molecule has 1 heterocycles. The lowest BCUT2D eigenvalue weighted by molar-refractivity contribution is 0.0269. The Morgan fingerprint density at radius 2 is 2.20 bits per heavy atom. The van der Waals surface area contributed by atoms with Crippen molar-refractivity contribution in [3.05, 3.63) is 30.3 Å². The number of hydrogen-bond donors (Lipinski definition) is 1. The van der Waals surface area contributed by atoms with Gasteiger partial charge in [0.2, 0.25) is 0 Å². The second-order valence-electron chi connectivity index (χ2n) is 4.05. The third-order valence-corrected chi connectivity index (χ3v) is 2.80. The van der Waals surface area contributed by atoms with Crippen LogP contribution < -0.4 is 10.8 Å². The number of rotatable bonds is 3. The number of ether oxygens (including phenoxy) is 1. The third kappa shape index (κ3) is 3.08. The van der Waals surface area contributed by atoms with Crippen LogP contribution in [0.25, 0.3) is 0 Å². The number of benzene rings is 1. The fraction of sp³-hybridized carbons (Fsp3) is 0.500. The van der Waals surface area contributed by atoms with Crippen molar-refractivity contribution in [3.63, 3.8) is 0 Å². The monoisotopic (exact) mass is 202 g/mol. The van der Waals surface area contributed by atoms with Crippen molar-refractivity contribution < 1.29 is 4.74 Å². The second-order valence-corrected chi connectivity index (χ2v) is 4.05. The lowest BCUT2D eigenvalue weighted by Gasteiger charge is -2.28. The number of morpholine rings is 1. The molecule has 2 rings (SSSR count). The molecule has 0 spiro atoms. The van der Waals surface area contributed by atoms with Gasteiger partial charge in [0.25, 0.3) is 0 Å². The SMILES string of the molecule is CC([B]c1ccccc1)C1CNCCO1. The molecule has 0 aliphatic carbocycles. The lowest BCUT2D eigenvalue weighted by atomic mass is 9.58. The van der Waals surface area contributed by atoms with E-state index in [-0.39, 0.29) is 0 Å². The average molecular weight is 202 g/mol. The molecule has 1 aliphatic rings. The molecule has 1 radical (unpaired) electrons. The Hall–Kier alpha value is -0.795. The Labute approximate surface area is 92.3 Å². The van der Waals surface area contributed by atoms with Crippen LogP contribution in [0.15, 0.2) is 30.3 Å². The molecule has 0 amide bonds. The predicted molar refractivity (Wildman–Crippen MR) is 63.9 cm³/mol. The minimum Gasteiger partial charge on any atom is -0.376 e. The van der Waals surface area contributed by atoms with Crippen molar-refractivity contribution in [3.8, 4) is 0 Å². The molecule has 0 aromatic heterocycles. The first-order valence-corrected chi connectivity index (χ1v) is 5.58. The topological polar surface area (TPSA) is 21.3 Å². The summed E-state index contributed by atoms with van der Waals surface area (Å²) in [5.74, 6) is 0.459. The summed E-state index contributed by atoms with van der Waals surface area (Å²) in [4.78, 5) is 0. The Balaban J connectivity index is 1.88. The zero-order valence-electron chi connectivity index (χ0n) is 9.15. The zero-order chi connectivity index (χ0) is 10.5. The summed E-state index contributed by atoms with van der Waals surface area (Å²) in [6, 6.07) is 10.4. The second kappa shape index (κ2) is 5.33. The summed E-state index contributed by atoms with van der Waals surface area (Å²) >= 11 is 0. The zero-order valence-corrected chi connectivity index (χ0v) is 9.15. The van der Waals surface area contributed by atoms with Crippen LogP contribution in [-0.2, 0) is 4.74 Å². The van der Waals surface area contributed by atoms with Crippen molar-refractivity contribution >= 4 is 12.7 Å². The van der Waals surface area contributed by atoms with Gasteiger partial charge >= 0.3 is 0 Å². The van der Waals surface area contributed by atoms with Gasteiger partial charge in [0, 0.05) is 13.1 Å². The molecule has 2 unspecified atom stereocenters. The molecule has 15 heavy (non-hydrogen) atoms. The molecule has 1 N–H and O–H groups in total. The summed E-state index contributed by atoms with van der Waals surface area (Å²) in [5, 5.41) is 3.36. The van der Waals surface area contributed by atoms with E-state index in [2.05, 4.69) is 43.8 Å². The van der Waals surface area contributed by atoms with Gasteiger partial charge < -0.3 is 10.1 Å². The standard InChI is InChI=1S/C12H17BNO/c1-10(12-9-14-7-8-15-12)13-11-5-3-2-4-6-11/h2-6,10,12,14H,7-9H2,1H3. The van der Waals surface area contributed by atoms with Gasteiger partial charge in [0.15, 0.2) is 7.28 Å². The Morgan fingerprint density at radius 3 is 2.87 bits per heavy atom. The largest absolute Gasteiger partial charge is 0.376 e. The van der Waals surface area contributed by atoms with E-state index < -0.39 is 0 Å². The summed E-state index contributed by atoms with van der Waals surface area (Å²) in [7, 11) is 2.28. The van der Waals surface area contributed by atoms with Gasteiger partial charge in [-0.2, -0.15) is 0 Å². The van der Waals surface area contributed by atoms with Crippen LogP contribution in [-0.4, -0.2) is 33.1 Å². The molecular formula is C12H17BNO. The number of hydrogen-bond acceptors (Lipinski definition) is 2. The van der Waals surface area contributed by atoms with E-state index in [1.165, 1.54) is 5.46 Å². The lowest BCUT2D eigenvalue weighted by Crippen LogP contribution is -2.42. The summed E-state index contributed by atoms with van der Waals surface area (Å²) in [5.41, 5.74) is 1.28. The Kier molecular flexibility index (Phi) is 3.81. The van der Waals surface area contributed by atoms with Crippen LogP contribution in [0, 0.1) is 0 Å². The van der Waals surface area contributed by atoms with Crippen molar-refractivity contribution in [2.45, 2.75) is 18.8 Å². The summed E-state index contributed by atoms with van der Waals surface area (Å²) < 4.78 is 5.72. The van der Waals surface area contributed by atoms with Crippen LogP contribution in [0.5, 0.6) is 0 Å². The fourth-order valence-corrected chi connectivity index (χ4v) is 1.90. The summed E-state index contributed by atoms with van der Waals surface area (Å²) in [6.45, 7) is 4.99. The minimum absolute atomic E-state index is 0.318. The average Bonchev–Trinajstić information content (AvgIpc) is 2.31. The predicted octanol–water partition coefficient (Wildman–Crippen LogP) is 0.813. The highest BCUT2D eigenvalue weighted by Crippen LogP contribution is 2.13. The maximum Gasteiger partial charge on any atom is 0.157 e. The van der Waals surface area contributed by atoms with Crippen molar-refractivity contribution in [1.82, 2.24) is 5.32 Å². The van der Waals surface area contributed by atoms with E-state index >= 15 is 0 Å². The van der Waals surface area contributed by atoms with Crippen LogP contribution in [0.2, 0.25) is 5.82 Å². The van der Waals surface area contributed by atoms with Gasteiger partial charge in [-0.15, -0.1) is 0 Å². The summed E-state index contributed by atoms with van der Waals surface area (Å²) in [6.07, 6.45) is 0.318. The van der Waals surface area contributed by atoms with E-state index in [0.717, 1.165) is 19.7 Å². The molecule has 2 atom stereocenters. The Morgan fingerprint density at radius 1 is 1.40 bits per heavy atom. The van der Waals surface area contributed by atoms with E-state index in [1.54, 1.807) is 0 Å². The van der Waals surface area contributed by atoms with Crippen LogP contribution >= 0.6 is 0 Å². The molecular weight excluding hydrogens is 185 g/mol. The fourth-order valence-electron chi connectivity index (χ4n) is 1.90. The molecule has 1 aromatic rings. The molecule has 1 aliphatic heterocycles. The van der Waals surface area contributed by atoms with Gasteiger partial charge in [-0.05, 0) is 5.82 Å². The van der Waals surface area contributed by atoms with E-state index in [1.807, 2.05) is 6.07 Å². The van der Waals surface area contributed by atoms with Crippen molar-refractivity contribution in [1.29, 1.82) is 0 Å². The molecule has 3 heteroatoms. The van der Waals surface area contributed by atoms with Gasteiger partial charge in [0.05, 0.1) is 12.7 Å². The molecule has 0 saturated carbocycles. The third-order valence-electron chi connectivity index (χ3n) is 2.80. The van der Waals surface area contributed by atoms with E-state index in [0.29, 0.717) is 11.9 Å². The smallest absolute Gasteiger partial charge is 0.157 e. The first-order chi connectivity index (χ1) is 7.36. The number of nitrogens with one attached hydrogen (secondary N) is 1. The van der Waals surface area contributed by atoms with Crippen molar-refractivity contribution in [2.75, 3.05) is 19.7 Å². The van der Waals surface area contributed by atoms with E-state index in [9.17, 15) is 0 Å². The quantitative estimate of drug-likeness (QED) is 0.732. The molecule has 1 saturated heterocycles. The highest BCUT2D eigenvalue weighted by atomic mass is 16.5. The van der Waals surface area contributed by atoms with Gasteiger partial charge in [-0.25, -0.2) is 0 Å². The molecule has 79 valence electrons. The van der Waals surface area contributed by atoms with Crippen LogP contribution in [0.3, 0.4) is 0 Å². The van der Waals surface area contributed by atoms with Gasteiger partial charge in [-0.3, -0.25) is 0 Å². The van der Waals surface area contributed by atoms with E-state index in [4.69, 9.17) is 4.74 Å². The first kappa shape index (κ1) is 10.7. The van der Waals surface area contributed by atoms with Crippen LogP contribution in [0.1, 0.15) is 6.92 Å². The molecule has 2 nitrogen and oxygen atoms in total. The van der Waals surface area contributed by atoms with Crippen molar-refractivity contribution in [2.24, 2.45) is 0 Å². The molecule has 1 aromatic carbocycles. The normalized spacial score (nSPS) is 23.4. The highest BCUT2D eigenvalue weighted by Gasteiger charge is 2.21. The highest BCUT2D eigenvalue weighted by molar-refractivity contribution is 6.55. The van der Waals surface area contributed by atoms with Crippen LogP contribution in [0.4, 0.5) is 0 Å². The molecule has 1 fully saturated rings. The maximum atomic E-state index is 5.72. The van der Waals surface area contributed by atoms with Gasteiger partial charge in [-0.1, -0.05) is 42.7 Å². The Bertz CT molecular complexity index is 285. The first-order valence-electron chi connectivity index (χ1n) is 5.58. The maximum absolute atomic E-state index is 5.72.